The molecule has 21 heavy (non-hydrogen) atoms. The first kappa shape index (κ1) is 16.1. The number of hydrogen-bond donors (Lipinski definition) is 3. The van der Waals surface area contributed by atoms with Gasteiger partial charge >= 0.3 is 0 Å². The molecule has 8 heteroatoms. The molecule has 8 nitrogen and oxygen atoms in total. The fourth-order valence-corrected chi connectivity index (χ4v) is 1.69. The van der Waals surface area contributed by atoms with Crippen LogP contribution in [0.1, 0.15) is 5.56 Å². The molecule has 1 aromatic rings. The van der Waals surface area contributed by atoms with E-state index in [1.54, 1.807) is 24.3 Å². The van der Waals surface area contributed by atoms with Crippen molar-refractivity contribution in [3.8, 4) is 6.07 Å². The zero-order valence-electron chi connectivity index (χ0n) is 11.2. The number of benzene rings is 1. The second-order valence-electron chi connectivity index (χ2n) is 4.28. The highest BCUT2D eigenvalue weighted by Crippen LogP contribution is 2.13. The van der Waals surface area contributed by atoms with E-state index in [1.165, 1.54) is 4.90 Å². The summed E-state index contributed by atoms with van der Waals surface area (Å²) >= 11 is 0. The van der Waals surface area contributed by atoms with Gasteiger partial charge in [0.2, 0.25) is 17.7 Å². The van der Waals surface area contributed by atoms with E-state index in [1.807, 2.05) is 6.07 Å². The molecule has 1 aromatic carbocycles. The van der Waals surface area contributed by atoms with Gasteiger partial charge in [-0.25, -0.2) is 0 Å². The molecular weight excluding hydrogens is 274 g/mol. The Labute approximate surface area is 121 Å². The van der Waals surface area contributed by atoms with E-state index in [0.29, 0.717) is 11.3 Å². The van der Waals surface area contributed by atoms with E-state index in [9.17, 15) is 14.4 Å². The van der Waals surface area contributed by atoms with Crippen LogP contribution in [0, 0.1) is 11.3 Å². The fourth-order valence-electron chi connectivity index (χ4n) is 1.69. The lowest BCUT2D eigenvalue weighted by Crippen LogP contribution is -2.43. The highest BCUT2D eigenvalue weighted by molar-refractivity contribution is 5.94. The van der Waals surface area contributed by atoms with Crippen LogP contribution in [-0.2, 0) is 14.4 Å². The number of rotatable bonds is 7. The average molecular weight is 289 g/mol. The van der Waals surface area contributed by atoms with Gasteiger partial charge in [0.05, 0.1) is 30.9 Å². The fraction of sp³-hybridized carbons (Fsp3) is 0.231. The zero-order valence-corrected chi connectivity index (χ0v) is 11.2. The minimum absolute atomic E-state index is 0.244. The van der Waals surface area contributed by atoms with Gasteiger partial charge in [-0.3, -0.25) is 19.3 Å². The second kappa shape index (κ2) is 7.62. The predicted octanol–water partition coefficient (Wildman–Crippen LogP) is -1.23. The summed E-state index contributed by atoms with van der Waals surface area (Å²) in [6.07, 6.45) is 0. The summed E-state index contributed by atoms with van der Waals surface area (Å²) in [7, 11) is 0. The first-order chi connectivity index (χ1) is 9.92. The van der Waals surface area contributed by atoms with E-state index in [-0.39, 0.29) is 19.6 Å². The van der Waals surface area contributed by atoms with Crippen molar-refractivity contribution in [2.75, 3.05) is 25.0 Å². The number of nitrogens with one attached hydrogen (secondary N) is 1. The Hall–Kier alpha value is -2.92. The smallest absolute Gasteiger partial charge is 0.238 e. The van der Waals surface area contributed by atoms with Crippen molar-refractivity contribution in [2.24, 2.45) is 11.5 Å². The molecule has 3 amide bonds. The monoisotopic (exact) mass is 289 g/mol. The van der Waals surface area contributed by atoms with Crippen LogP contribution in [0.3, 0.4) is 0 Å². The summed E-state index contributed by atoms with van der Waals surface area (Å²) in [4.78, 5) is 34.9. The number of nitriles is 1. The van der Waals surface area contributed by atoms with Gasteiger partial charge in [0.1, 0.15) is 6.07 Å². The molecule has 0 saturated carbocycles. The highest BCUT2D eigenvalue weighted by Gasteiger charge is 2.16. The third kappa shape index (κ3) is 5.71. The second-order valence-corrected chi connectivity index (χ2v) is 4.28. The van der Waals surface area contributed by atoms with E-state index >= 15 is 0 Å². The standard InChI is InChI=1S/C13H15N5O3/c14-5-9-3-1-2-4-10(9)17-13(21)8-18(6-11(15)19)7-12(16)20/h1-4H,6-8H2,(H2,15,19)(H2,16,20)(H,17,21). The van der Waals surface area contributed by atoms with Crippen molar-refractivity contribution in [1.82, 2.24) is 4.90 Å². The lowest BCUT2D eigenvalue weighted by molar-refractivity contribution is -0.123. The van der Waals surface area contributed by atoms with Crippen LogP contribution in [0.5, 0.6) is 0 Å². The Morgan fingerprint density at radius 1 is 1.10 bits per heavy atom. The van der Waals surface area contributed by atoms with Crippen molar-refractivity contribution in [1.29, 1.82) is 5.26 Å². The molecule has 0 heterocycles. The maximum absolute atomic E-state index is 11.9. The van der Waals surface area contributed by atoms with Crippen molar-refractivity contribution in [3.63, 3.8) is 0 Å². The third-order valence-electron chi connectivity index (χ3n) is 2.45. The Morgan fingerprint density at radius 3 is 2.19 bits per heavy atom. The maximum atomic E-state index is 11.9. The van der Waals surface area contributed by atoms with Gasteiger partial charge in [-0.1, -0.05) is 12.1 Å². The normalized spacial score (nSPS) is 9.90. The van der Waals surface area contributed by atoms with E-state index in [2.05, 4.69) is 5.32 Å². The first-order valence-electron chi connectivity index (χ1n) is 6.00. The number of primary amides is 2. The largest absolute Gasteiger partial charge is 0.369 e. The van der Waals surface area contributed by atoms with Crippen LogP contribution in [0.25, 0.3) is 0 Å². The topological polar surface area (TPSA) is 142 Å². The predicted molar refractivity (Wildman–Crippen MR) is 74.6 cm³/mol. The molecule has 0 spiro atoms. The van der Waals surface area contributed by atoms with Crippen LogP contribution < -0.4 is 16.8 Å². The molecule has 0 aromatic heterocycles. The summed E-state index contributed by atoms with van der Waals surface area (Å²) in [5.41, 5.74) is 10.7. The molecule has 0 aliphatic carbocycles. The van der Waals surface area contributed by atoms with E-state index in [0.717, 1.165) is 0 Å². The van der Waals surface area contributed by atoms with Crippen molar-refractivity contribution in [2.45, 2.75) is 0 Å². The van der Waals surface area contributed by atoms with Crippen LogP contribution in [-0.4, -0.2) is 42.3 Å². The number of carbonyl (C=O) groups excluding carboxylic acids is 3. The van der Waals surface area contributed by atoms with E-state index in [4.69, 9.17) is 16.7 Å². The van der Waals surface area contributed by atoms with Gasteiger partial charge < -0.3 is 16.8 Å². The van der Waals surface area contributed by atoms with Gasteiger partial charge in [-0.15, -0.1) is 0 Å². The molecule has 0 saturated heterocycles. The van der Waals surface area contributed by atoms with Gasteiger partial charge in [-0.2, -0.15) is 5.26 Å². The summed E-state index contributed by atoms with van der Waals surface area (Å²) in [5.74, 6) is -1.84. The molecule has 5 N–H and O–H groups in total. The highest BCUT2D eigenvalue weighted by atomic mass is 16.2. The van der Waals surface area contributed by atoms with Crippen molar-refractivity contribution >= 4 is 23.4 Å². The number of amides is 3. The summed E-state index contributed by atoms with van der Waals surface area (Å²) in [5, 5.41) is 11.4. The maximum Gasteiger partial charge on any atom is 0.238 e. The van der Waals surface area contributed by atoms with E-state index < -0.39 is 17.7 Å². The third-order valence-corrected chi connectivity index (χ3v) is 2.45. The van der Waals surface area contributed by atoms with Crippen molar-refractivity contribution in [3.05, 3.63) is 29.8 Å². The molecule has 0 bridgehead atoms. The molecule has 0 radical (unpaired) electrons. The molecule has 1 rings (SSSR count). The molecule has 0 aliphatic rings. The van der Waals surface area contributed by atoms with Gasteiger partial charge in [0.25, 0.3) is 0 Å². The quantitative estimate of drug-likeness (QED) is 0.576. The van der Waals surface area contributed by atoms with Gasteiger partial charge in [0.15, 0.2) is 0 Å². The molecule has 0 unspecified atom stereocenters. The number of carbonyl (C=O) groups is 3. The molecule has 110 valence electrons. The minimum atomic E-state index is -0.679. The van der Waals surface area contributed by atoms with Gasteiger partial charge in [0, 0.05) is 0 Å². The molecule has 0 fully saturated rings. The van der Waals surface area contributed by atoms with Crippen molar-refractivity contribution < 1.29 is 14.4 Å². The Balaban J connectivity index is 2.71. The van der Waals surface area contributed by atoms with Crippen LogP contribution in [0.15, 0.2) is 24.3 Å². The Bertz CT molecular complexity index is 578. The number of hydrogen-bond acceptors (Lipinski definition) is 5. The van der Waals surface area contributed by atoms with Crippen LogP contribution in [0.4, 0.5) is 5.69 Å². The summed E-state index contributed by atoms with van der Waals surface area (Å²) < 4.78 is 0. The molecular formula is C13H15N5O3. The number of para-hydroxylation sites is 1. The number of anilines is 1. The molecule has 0 atom stereocenters. The number of nitrogens with zero attached hydrogens (tertiary/aromatic N) is 2. The van der Waals surface area contributed by atoms with Gasteiger partial charge in [-0.05, 0) is 12.1 Å². The SMILES string of the molecule is N#Cc1ccccc1NC(=O)CN(CC(N)=O)CC(N)=O. The lowest BCUT2D eigenvalue weighted by atomic mass is 10.2. The van der Waals surface area contributed by atoms with Crippen LogP contribution in [0.2, 0.25) is 0 Å². The summed E-state index contributed by atoms with van der Waals surface area (Å²) in [6, 6.07) is 8.41. The first-order valence-corrected chi connectivity index (χ1v) is 6.00. The van der Waals surface area contributed by atoms with Crippen LogP contribution >= 0.6 is 0 Å². The molecule has 0 aliphatic heterocycles. The minimum Gasteiger partial charge on any atom is -0.369 e. The Morgan fingerprint density at radius 2 is 1.67 bits per heavy atom. The lowest BCUT2D eigenvalue weighted by Gasteiger charge is -2.18. The number of nitrogens with two attached hydrogens (primary N) is 2. The summed E-state index contributed by atoms with van der Waals surface area (Å²) in [6.45, 7) is -0.780. The average Bonchev–Trinajstić information content (AvgIpc) is 2.37. The Kier molecular flexibility index (Phi) is 5.85. The zero-order chi connectivity index (χ0) is 15.8.